The zero-order valence-corrected chi connectivity index (χ0v) is 12.8. The fourth-order valence-corrected chi connectivity index (χ4v) is 2.08. The highest BCUT2D eigenvalue weighted by Gasteiger charge is 2.19. The van der Waals surface area contributed by atoms with Crippen LogP contribution in [0.4, 0.5) is 5.82 Å². The van der Waals surface area contributed by atoms with Gasteiger partial charge in [0, 0.05) is 30.6 Å². The summed E-state index contributed by atoms with van der Waals surface area (Å²) in [6.07, 6.45) is 5.22. The number of anilines is 1. The Bertz CT molecular complexity index is 844. The fourth-order valence-electron chi connectivity index (χ4n) is 2.08. The zero-order valence-electron chi connectivity index (χ0n) is 12.8. The predicted octanol–water partition coefficient (Wildman–Crippen LogP) is 1.72. The van der Waals surface area contributed by atoms with E-state index in [9.17, 15) is 4.79 Å². The average Bonchev–Trinajstić information content (AvgIpc) is 2.87. The van der Waals surface area contributed by atoms with Gasteiger partial charge in [-0.25, -0.2) is 19.3 Å². The van der Waals surface area contributed by atoms with Crippen molar-refractivity contribution in [1.82, 2.24) is 24.6 Å². The predicted molar refractivity (Wildman–Crippen MR) is 83.9 cm³/mol. The quantitative estimate of drug-likeness (QED) is 0.768. The van der Waals surface area contributed by atoms with Gasteiger partial charge in [-0.15, -0.1) is 5.10 Å². The van der Waals surface area contributed by atoms with Gasteiger partial charge in [0.2, 0.25) is 5.65 Å². The Hall–Kier alpha value is -2.70. The second kappa shape index (κ2) is 5.25. The molecule has 0 spiro atoms. The van der Waals surface area contributed by atoms with E-state index < -0.39 is 0 Å². The van der Waals surface area contributed by atoms with Crippen LogP contribution in [0.3, 0.4) is 0 Å². The molecule has 0 aliphatic carbocycles. The molecule has 0 saturated heterocycles. The first-order valence-electron chi connectivity index (χ1n) is 7.06. The Balaban J connectivity index is 2.02. The summed E-state index contributed by atoms with van der Waals surface area (Å²) in [4.78, 5) is 20.5. The summed E-state index contributed by atoms with van der Waals surface area (Å²) in [6, 6.07) is 3.85. The van der Waals surface area contributed by atoms with Crippen LogP contribution < -0.4 is 11.0 Å². The maximum Gasteiger partial charge on any atom is 0.347 e. The van der Waals surface area contributed by atoms with Crippen molar-refractivity contribution in [2.45, 2.75) is 32.7 Å². The summed E-state index contributed by atoms with van der Waals surface area (Å²) in [5.74, 6) is 0.586. The van der Waals surface area contributed by atoms with Crippen molar-refractivity contribution in [2.75, 3.05) is 5.32 Å². The first kappa shape index (κ1) is 14.2. The molecule has 0 unspecified atom stereocenters. The lowest BCUT2D eigenvalue weighted by Gasteiger charge is -2.19. The van der Waals surface area contributed by atoms with Crippen molar-refractivity contribution in [1.29, 1.82) is 0 Å². The van der Waals surface area contributed by atoms with Crippen LogP contribution in [-0.2, 0) is 12.0 Å². The lowest BCUT2D eigenvalue weighted by Crippen LogP contribution is -2.19. The lowest BCUT2D eigenvalue weighted by molar-refractivity contribution is 0.565. The van der Waals surface area contributed by atoms with Gasteiger partial charge in [-0.2, -0.15) is 0 Å². The molecule has 0 saturated carbocycles. The number of nitrogens with zero attached hydrogens (tertiary/aromatic N) is 4. The Morgan fingerprint density at radius 1 is 1.27 bits per heavy atom. The van der Waals surface area contributed by atoms with Crippen LogP contribution in [0.5, 0.6) is 0 Å². The van der Waals surface area contributed by atoms with Crippen molar-refractivity contribution in [3.63, 3.8) is 0 Å². The highest BCUT2D eigenvalue weighted by atomic mass is 16.1. The Labute approximate surface area is 127 Å². The topological polar surface area (TPSA) is 88.0 Å². The normalized spacial score (nSPS) is 11.8. The summed E-state index contributed by atoms with van der Waals surface area (Å²) in [5, 5.41) is 9.75. The first-order valence-corrected chi connectivity index (χ1v) is 7.06. The van der Waals surface area contributed by atoms with Crippen molar-refractivity contribution in [3.8, 4) is 0 Å². The Kier molecular flexibility index (Phi) is 3.40. The van der Waals surface area contributed by atoms with Gasteiger partial charge in [-0.3, -0.25) is 4.98 Å². The minimum Gasteiger partial charge on any atom is -0.363 e. The van der Waals surface area contributed by atoms with Gasteiger partial charge in [-0.05, 0) is 17.7 Å². The molecule has 22 heavy (non-hydrogen) atoms. The number of aromatic amines is 1. The van der Waals surface area contributed by atoms with Crippen molar-refractivity contribution >= 4 is 11.5 Å². The third kappa shape index (κ3) is 2.69. The van der Waals surface area contributed by atoms with Gasteiger partial charge in [0.05, 0.1) is 5.69 Å². The van der Waals surface area contributed by atoms with E-state index in [1.807, 2.05) is 12.1 Å². The summed E-state index contributed by atoms with van der Waals surface area (Å²) >= 11 is 0. The van der Waals surface area contributed by atoms with Gasteiger partial charge in [0.15, 0.2) is 5.82 Å². The van der Waals surface area contributed by atoms with E-state index in [0.717, 1.165) is 11.3 Å². The van der Waals surface area contributed by atoms with Crippen LogP contribution in [-0.4, -0.2) is 24.6 Å². The van der Waals surface area contributed by atoms with E-state index in [0.29, 0.717) is 18.0 Å². The second-order valence-corrected chi connectivity index (χ2v) is 6.16. The van der Waals surface area contributed by atoms with E-state index in [-0.39, 0.29) is 11.1 Å². The standard InChI is InChI=1S/C15H18N6O/c1-15(2,3)11-9-21-13(19-20-14(21)22)12(18-11)17-8-10-4-6-16-7-5-10/h4-7,9H,8H2,1-3H3,(H,17,18)(H,20,22). The second-order valence-electron chi connectivity index (χ2n) is 6.16. The van der Waals surface area contributed by atoms with E-state index in [1.165, 1.54) is 4.40 Å². The number of H-pyrrole nitrogens is 1. The molecule has 114 valence electrons. The number of rotatable bonds is 3. The molecule has 0 radical (unpaired) electrons. The maximum atomic E-state index is 11.9. The van der Waals surface area contributed by atoms with Crippen LogP contribution in [0.1, 0.15) is 32.0 Å². The number of aromatic nitrogens is 5. The molecule has 0 aliphatic rings. The molecule has 0 atom stereocenters. The number of hydrogen-bond donors (Lipinski definition) is 2. The Morgan fingerprint density at radius 3 is 2.68 bits per heavy atom. The van der Waals surface area contributed by atoms with Gasteiger partial charge in [0.25, 0.3) is 0 Å². The van der Waals surface area contributed by atoms with E-state index in [1.54, 1.807) is 18.6 Å². The van der Waals surface area contributed by atoms with Crippen LogP contribution >= 0.6 is 0 Å². The van der Waals surface area contributed by atoms with E-state index in [2.05, 4.69) is 46.3 Å². The molecule has 3 rings (SSSR count). The molecule has 3 aromatic rings. The molecular formula is C15H18N6O. The van der Waals surface area contributed by atoms with Crippen molar-refractivity contribution < 1.29 is 0 Å². The Morgan fingerprint density at radius 2 is 2.00 bits per heavy atom. The van der Waals surface area contributed by atoms with E-state index >= 15 is 0 Å². The summed E-state index contributed by atoms with van der Waals surface area (Å²) in [7, 11) is 0. The average molecular weight is 298 g/mol. The molecule has 3 aromatic heterocycles. The van der Waals surface area contributed by atoms with Gasteiger partial charge in [0.1, 0.15) is 0 Å². The summed E-state index contributed by atoms with van der Waals surface area (Å²) in [5.41, 5.74) is 1.95. The molecule has 0 aliphatic heterocycles. The molecule has 0 fully saturated rings. The molecular weight excluding hydrogens is 280 g/mol. The third-order valence-electron chi connectivity index (χ3n) is 3.38. The molecule has 7 nitrogen and oxygen atoms in total. The number of fused-ring (bicyclic) bond motifs is 1. The van der Waals surface area contributed by atoms with Crippen molar-refractivity contribution in [2.24, 2.45) is 0 Å². The summed E-state index contributed by atoms with van der Waals surface area (Å²) in [6.45, 7) is 6.75. The van der Waals surface area contributed by atoms with E-state index in [4.69, 9.17) is 0 Å². The number of pyridine rings is 1. The molecule has 3 heterocycles. The molecule has 0 aromatic carbocycles. The fraction of sp³-hybridized carbons (Fsp3) is 0.333. The minimum absolute atomic E-state index is 0.169. The van der Waals surface area contributed by atoms with Crippen LogP contribution in [0.25, 0.3) is 5.65 Å². The smallest absolute Gasteiger partial charge is 0.347 e. The van der Waals surface area contributed by atoms with Crippen molar-refractivity contribution in [3.05, 3.63) is 52.5 Å². The molecule has 0 bridgehead atoms. The minimum atomic E-state index is -0.269. The zero-order chi connectivity index (χ0) is 15.7. The van der Waals surface area contributed by atoms with Gasteiger partial charge >= 0.3 is 5.69 Å². The monoisotopic (exact) mass is 298 g/mol. The SMILES string of the molecule is CC(C)(C)c1cn2c(=O)[nH]nc2c(NCc2ccncc2)n1. The van der Waals surface area contributed by atoms with Crippen LogP contribution in [0, 0.1) is 0 Å². The largest absolute Gasteiger partial charge is 0.363 e. The first-order chi connectivity index (χ1) is 10.4. The molecule has 7 heteroatoms. The molecule has 2 N–H and O–H groups in total. The van der Waals surface area contributed by atoms with Gasteiger partial charge < -0.3 is 5.32 Å². The number of hydrogen-bond acceptors (Lipinski definition) is 5. The number of nitrogens with one attached hydrogen (secondary N) is 2. The van der Waals surface area contributed by atoms with Crippen LogP contribution in [0.2, 0.25) is 0 Å². The lowest BCUT2D eigenvalue weighted by atomic mass is 9.93. The van der Waals surface area contributed by atoms with Crippen LogP contribution in [0.15, 0.2) is 35.5 Å². The molecule has 0 amide bonds. The third-order valence-corrected chi connectivity index (χ3v) is 3.38. The van der Waals surface area contributed by atoms with Gasteiger partial charge in [-0.1, -0.05) is 20.8 Å². The highest BCUT2D eigenvalue weighted by Crippen LogP contribution is 2.23. The maximum absolute atomic E-state index is 11.9. The highest BCUT2D eigenvalue weighted by molar-refractivity contribution is 5.62. The summed E-state index contributed by atoms with van der Waals surface area (Å²) < 4.78 is 1.49.